The van der Waals surface area contributed by atoms with E-state index in [1.807, 2.05) is 41.3 Å². The van der Waals surface area contributed by atoms with Crippen LogP contribution in [0.2, 0.25) is 0 Å². The molecule has 0 saturated carbocycles. The van der Waals surface area contributed by atoms with Gasteiger partial charge in [-0.2, -0.15) is 0 Å². The van der Waals surface area contributed by atoms with Crippen LogP contribution in [0.15, 0.2) is 52.8 Å². The van der Waals surface area contributed by atoms with E-state index in [0.29, 0.717) is 28.8 Å². The van der Waals surface area contributed by atoms with E-state index in [0.717, 1.165) is 23.1 Å². The lowest BCUT2D eigenvalue weighted by molar-refractivity contribution is 0.0727. The van der Waals surface area contributed by atoms with Gasteiger partial charge in [0.1, 0.15) is 5.82 Å². The van der Waals surface area contributed by atoms with E-state index >= 15 is 0 Å². The van der Waals surface area contributed by atoms with Crippen molar-refractivity contribution in [3.63, 3.8) is 0 Å². The molecule has 0 aliphatic carbocycles. The summed E-state index contributed by atoms with van der Waals surface area (Å²) in [6.45, 7) is 0.660. The Morgan fingerprint density at radius 1 is 1.18 bits per heavy atom. The number of para-hydroxylation sites is 1. The summed E-state index contributed by atoms with van der Waals surface area (Å²) in [5.74, 6) is 0.619. The molecule has 0 bridgehead atoms. The fourth-order valence-corrected chi connectivity index (χ4v) is 4.68. The summed E-state index contributed by atoms with van der Waals surface area (Å²) in [7, 11) is 1.74. The molecule has 7 heteroatoms. The molecule has 5 rings (SSSR count). The smallest absolute Gasteiger partial charge is 0.261 e. The first-order chi connectivity index (χ1) is 13.6. The van der Waals surface area contributed by atoms with Gasteiger partial charge in [0.2, 0.25) is 0 Å². The average molecular weight is 390 g/mol. The quantitative estimate of drug-likeness (QED) is 0.525. The molecule has 1 aliphatic rings. The van der Waals surface area contributed by atoms with E-state index in [2.05, 4.69) is 4.98 Å². The van der Waals surface area contributed by atoms with Crippen LogP contribution in [0, 0.1) is 0 Å². The molecule has 0 spiro atoms. The van der Waals surface area contributed by atoms with Gasteiger partial charge in [-0.25, -0.2) is 9.97 Å². The van der Waals surface area contributed by atoms with E-state index in [1.54, 1.807) is 23.2 Å². The highest BCUT2D eigenvalue weighted by Crippen LogP contribution is 2.32. The monoisotopic (exact) mass is 390 g/mol. The van der Waals surface area contributed by atoms with Crippen LogP contribution in [0.5, 0.6) is 0 Å². The van der Waals surface area contributed by atoms with Crippen molar-refractivity contribution in [2.24, 2.45) is 7.05 Å². The highest BCUT2D eigenvalue weighted by Gasteiger charge is 2.33. The number of hydrogen-bond acceptors (Lipinski definition) is 5. The number of likely N-dealkylation sites (tertiary alicyclic amines) is 1. The fourth-order valence-electron chi connectivity index (χ4n) is 3.97. The van der Waals surface area contributed by atoms with E-state index in [-0.39, 0.29) is 17.5 Å². The van der Waals surface area contributed by atoms with Gasteiger partial charge in [-0.1, -0.05) is 12.1 Å². The summed E-state index contributed by atoms with van der Waals surface area (Å²) in [4.78, 5) is 36.9. The number of nitrogens with zero attached hydrogens (tertiary/aromatic N) is 4. The van der Waals surface area contributed by atoms with Gasteiger partial charge in [0.05, 0.1) is 32.7 Å². The molecule has 1 unspecified atom stereocenters. The summed E-state index contributed by atoms with van der Waals surface area (Å²) in [5, 5.41) is 0.597. The maximum atomic E-state index is 13.3. The second-order valence-corrected chi connectivity index (χ2v) is 7.93. The Hall–Kier alpha value is -3.06. The third-order valence-electron chi connectivity index (χ3n) is 5.41. The van der Waals surface area contributed by atoms with Gasteiger partial charge in [-0.15, -0.1) is 11.3 Å². The number of carbonyl (C=O) groups excluding carboxylic acids is 1. The van der Waals surface area contributed by atoms with Crippen molar-refractivity contribution in [3.05, 3.63) is 69.7 Å². The first-order valence-corrected chi connectivity index (χ1v) is 10.1. The number of benzene rings is 2. The number of rotatable bonds is 2. The molecule has 1 amide bonds. The van der Waals surface area contributed by atoms with E-state index in [4.69, 9.17) is 4.98 Å². The molecule has 1 atom stereocenters. The second-order valence-electron chi connectivity index (χ2n) is 7.04. The number of hydrogen-bond donors (Lipinski definition) is 0. The Labute approximate surface area is 165 Å². The van der Waals surface area contributed by atoms with Gasteiger partial charge in [-0.3, -0.25) is 14.2 Å². The third-order valence-corrected chi connectivity index (χ3v) is 6.20. The summed E-state index contributed by atoms with van der Waals surface area (Å²) in [5.41, 5.74) is 3.93. The zero-order valence-electron chi connectivity index (χ0n) is 15.3. The van der Waals surface area contributed by atoms with E-state index in [9.17, 15) is 9.59 Å². The van der Waals surface area contributed by atoms with Gasteiger partial charge in [0.15, 0.2) is 0 Å². The number of thiazole rings is 1. The highest BCUT2D eigenvalue weighted by molar-refractivity contribution is 7.16. The Morgan fingerprint density at radius 3 is 2.93 bits per heavy atom. The molecule has 1 fully saturated rings. The molecule has 3 heterocycles. The van der Waals surface area contributed by atoms with Crippen molar-refractivity contribution in [1.82, 2.24) is 19.4 Å². The van der Waals surface area contributed by atoms with Crippen molar-refractivity contribution in [1.29, 1.82) is 0 Å². The van der Waals surface area contributed by atoms with Crippen molar-refractivity contribution in [2.45, 2.75) is 18.9 Å². The molecule has 4 aromatic rings. The zero-order chi connectivity index (χ0) is 19.3. The maximum absolute atomic E-state index is 13.3. The lowest BCUT2D eigenvalue weighted by Crippen LogP contribution is -2.34. The zero-order valence-corrected chi connectivity index (χ0v) is 16.1. The summed E-state index contributed by atoms with van der Waals surface area (Å²) in [6.07, 6.45) is 1.69. The van der Waals surface area contributed by atoms with Crippen LogP contribution < -0.4 is 5.56 Å². The van der Waals surface area contributed by atoms with Crippen LogP contribution in [-0.2, 0) is 7.05 Å². The van der Waals surface area contributed by atoms with Gasteiger partial charge in [-0.05, 0) is 43.2 Å². The predicted molar refractivity (Wildman–Crippen MR) is 110 cm³/mol. The average Bonchev–Trinajstić information content (AvgIpc) is 3.39. The molecule has 6 nitrogen and oxygen atoms in total. The Bertz CT molecular complexity index is 1280. The largest absolute Gasteiger partial charge is 0.328 e. The molecule has 140 valence electrons. The molecule has 0 radical (unpaired) electrons. The van der Waals surface area contributed by atoms with Gasteiger partial charge in [0.25, 0.3) is 11.5 Å². The summed E-state index contributed by atoms with van der Waals surface area (Å²) in [6, 6.07) is 12.8. The van der Waals surface area contributed by atoms with Gasteiger partial charge >= 0.3 is 0 Å². The van der Waals surface area contributed by atoms with Crippen molar-refractivity contribution >= 4 is 38.4 Å². The van der Waals surface area contributed by atoms with Crippen molar-refractivity contribution < 1.29 is 4.79 Å². The molecular weight excluding hydrogens is 372 g/mol. The van der Waals surface area contributed by atoms with Crippen LogP contribution >= 0.6 is 11.3 Å². The molecule has 28 heavy (non-hydrogen) atoms. The number of carbonyl (C=O) groups is 1. The molecule has 1 aliphatic heterocycles. The van der Waals surface area contributed by atoms with E-state index in [1.165, 1.54) is 11.3 Å². The minimum absolute atomic E-state index is 0.0276. The Kier molecular flexibility index (Phi) is 3.98. The Balaban J connectivity index is 1.57. The summed E-state index contributed by atoms with van der Waals surface area (Å²) < 4.78 is 2.59. The first-order valence-electron chi connectivity index (χ1n) is 9.23. The molecular formula is C21H18N4O2S. The van der Waals surface area contributed by atoms with Crippen LogP contribution in [0.25, 0.3) is 21.1 Å². The molecule has 0 N–H and O–H groups in total. The normalized spacial score (nSPS) is 16.9. The topological polar surface area (TPSA) is 68.1 Å². The predicted octanol–water partition coefficient (Wildman–Crippen LogP) is 3.52. The number of fused-ring (bicyclic) bond motifs is 2. The minimum atomic E-state index is -0.202. The lowest BCUT2D eigenvalue weighted by atomic mass is 10.1. The van der Waals surface area contributed by atoms with Crippen LogP contribution in [0.4, 0.5) is 0 Å². The molecule has 2 aromatic carbocycles. The van der Waals surface area contributed by atoms with Gasteiger partial charge in [0, 0.05) is 19.2 Å². The highest BCUT2D eigenvalue weighted by atomic mass is 32.1. The lowest BCUT2D eigenvalue weighted by Gasteiger charge is -2.26. The van der Waals surface area contributed by atoms with Crippen LogP contribution in [0.1, 0.15) is 35.1 Å². The molecule has 2 aromatic heterocycles. The number of aromatic nitrogens is 3. The van der Waals surface area contributed by atoms with Crippen LogP contribution in [0.3, 0.4) is 0 Å². The Morgan fingerprint density at radius 2 is 2.04 bits per heavy atom. The number of amides is 1. The standard InChI is InChI=1S/C21H18N4O2S/c1-24-19(23-15-6-3-2-5-14(15)21(24)27)17-7-4-10-25(17)20(26)13-8-9-16-18(11-13)28-12-22-16/h2-3,5-6,8-9,11-12,17H,4,7,10H2,1H3. The first kappa shape index (κ1) is 17.1. The molecule has 1 saturated heterocycles. The minimum Gasteiger partial charge on any atom is -0.328 e. The maximum Gasteiger partial charge on any atom is 0.261 e. The van der Waals surface area contributed by atoms with Gasteiger partial charge < -0.3 is 4.90 Å². The summed E-state index contributed by atoms with van der Waals surface area (Å²) >= 11 is 1.52. The fraction of sp³-hybridized carbons (Fsp3) is 0.238. The second kappa shape index (κ2) is 6.53. The van der Waals surface area contributed by atoms with E-state index < -0.39 is 0 Å². The van der Waals surface area contributed by atoms with Crippen molar-refractivity contribution in [3.8, 4) is 0 Å². The SMILES string of the molecule is Cn1c(C2CCCN2C(=O)c2ccc3ncsc3c2)nc2ccccc2c1=O. The van der Waals surface area contributed by atoms with Crippen LogP contribution in [-0.4, -0.2) is 31.9 Å². The van der Waals surface area contributed by atoms with Crippen molar-refractivity contribution in [2.75, 3.05) is 6.54 Å². The third kappa shape index (κ3) is 2.62.